The third-order valence-electron chi connectivity index (χ3n) is 5.81. The summed E-state index contributed by atoms with van der Waals surface area (Å²) in [6, 6.07) is 0. The Labute approximate surface area is 206 Å². The number of aliphatic hydroxyl groups is 1. The molecule has 0 aliphatic heterocycles. The normalized spacial score (nSPS) is 14.3. The molecule has 0 aliphatic rings. The molecule has 0 spiro atoms. The smallest absolute Gasteiger partial charge is 0.222 e. The Kier molecular flexibility index (Phi) is 23.3. The summed E-state index contributed by atoms with van der Waals surface area (Å²) in [5, 5.41) is 14.7. The molecule has 0 fully saturated rings. The van der Waals surface area contributed by atoms with E-state index in [-0.39, 0.29) is 29.3 Å². The van der Waals surface area contributed by atoms with Crippen LogP contribution in [0.15, 0.2) is 12.2 Å². The quantitative estimate of drug-likeness (QED) is 0.269. The topological polar surface area (TPSA) is 78.4 Å². The highest BCUT2D eigenvalue weighted by Gasteiger charge is 2.21. The minimum Gasteiger partial charge on any atom is -0.393 e. The molecule has 0 aromatic heterocycles. The predicted octanol–water partition coefficient (Wildman–Crippen LogP) is 6.50. The van der Waals surface area contributed by atoms with Crippen molar-refractivity contribution in [1.82, 2.24) is 10.6 Å². The Morgan fingerprint density at radius 2 is 1.45 bits per heavy atom. The molecule has 4 atom stereocenters. The first kappa shape index (κ1) is 36.2. The Balaban J connectivity index is -0.000000565. The van der Waals surface area contributed by atoms with Crippen LogP contribution in [0.2, 0.25) is 0 Å². The molecule has 0 rings (SSSR count). The molecule has 0 heterocycles. The SMILES string of the molecule is C=C(C)CC.CCC(C)C(=O)NCC(C)CC(C)(C)CCNC(C)=O.CCC(C)CC(C)O. The van der Waals surface area contributed by atoms with Crippen molar-refractivity contribution in [2.75, 3.05) is 13.1 Å². The minimum atomic E-state index is -0.120. The van der Waals surface area contributed by atoms with Gasteiger partial charge in [0.15, 0.2) is 0 Å². The van der Waals surface area contributed by atoms with Gasteiger partial charge in [-0.05, 0) is 63.2 Å². The molecule has 5 heteroatoms. The largest absolute Gasteiger partial charge is 0.393 e. The van der Waals surface area contributed by atoms with E-state index in [1.54, 1.807) is 6.92 Å². The summed E-state index contributed by atoms with van der Waals surface area (Å²) in [5.41, 5.74) is 1.42. The van der Waals surface area contributed by atoms with Crippen molar-refractivity contribution < 1.29 is 14.7 Å². The summed E-state index contributed by atoms with van der Waals surface area (Å²) in [5.74, 6) is 1.38. The molecule has 4 unspecified atom stereocenters. The van der Waals surface area contributed by atoms with Gasteiger partial charge in [0.25, 0.3) is 0 Å². The van der Waals surface area contributed by atoms with Crippen LogP contribution in [0.4, 0.5) is 0 Å². The first-order chi connectivity index (χ1) is 15.1. The second kappa shape index (κ2) is 21.2. The number of hydrogen-bond acceptors (Lipinski definition) is 3. The van der Waals surface area contributed by atoms with Crippen molar-refractivity contribution in [3.05, 3.63) is 12.2 Å². The predicted molar refractivity (Wildman–Crippen MR) is 144 cm³/mol. The van der Waals surface area contributed by atoms with E-state index in [0.29, 0.717) is 18.4 Å². The molecule has 0 radical (unpaired) electrons. The average Bonchev–Trinajstić information content (AvgIpc) is 2.70. The lowest BCUT2D eigenvalue weighted by molar-refractivity contribution is -0.124. The number of rotatable bonds is 13. The van der Waals surface area contributed by atoms with Gasteiger partial charge in [-0.15, -0.1) is 6.58 Å². The van der Waals surface area contributed by atoms with E-state index in [2.05, 4.69) is 58.8 Å². The number of carbonyl (C=O) groups excluding carboxylic acids is 2. The fourth-order valence-electron chi connectivity index (χ4n) is 3.08. The van der Waals surface area contributed by atoms with E-state index in [1.807, 2.05) is 27.7 Å². The van der Waals surface area contributed by atoms with Gasteiger partial charge in [0.2, 0.25) is 11.8 Å². The van der Waals surface area contributed by atoms with E-state index in [9.17, 15) is 9.59 Å². The van der Waals surface area contributed by atoms with Gasteiger partial charge < -0.3 is 15.7 Å². The molecule has 0 aliphatic carbocycles. The molecule has 0 aromatic rings. The Morgan fingerprint density at radius 3 is 1.79 bits per heavy atom. The van der Waals surface area contributed by atoms with Crippen LogP contribution in [-0.4, -0.2) is 36.1 Å². The van der Waals surface area contributed by atoms with Crippen molar-refractivity contribution in [1.29, 1.82) is 0 Å². The van der Waals surface area contributed by atoms with Crippen molar-refractivity contribution >= 4 is 11.8 Å². The highest BCUT2D eigenvalue weighted by atomic mass is 16.3. The number of aliphatic hydroxyl groups excluding tert-OH is 1. The second-order valence-corrected chi connectivity index (χ2v) is 10.7. The zero-order chi connectivity index (χ0) is 26.6. The molecule has 2 amide bonds. The number of hydrogen-bond donors (Lipinski definition) is 3. The first-order valence-corrected chi connectivity index (χ1v) is 13.0. The highest BCUT2D eigenvalue weighted by molar-refractivity contribution is 5.78. The average molecular weight is 471 g/mol. The lowest BCUT2D eigenvalue weighted by atomic mass is 9.80. The summed E-state index contributed by atoms with van der Waals surface area (Å²) in [7, 11) is 0. The van der Waals surface area contributed by atoms with Gasteiger partial charge in [-0.3, -0.25) is 9.59 Å². The van der Waals surface area contributed by atoms with E-state index in [4.69, 9.17) is 5.11 Å². The van der Waals surface area contributed by atoms with Crippen molar-refractivity contribution in [3.63, 3.8) is 0 Å². The van der Waals surface area contributed by atoms with E-state index < -0.39 is 0 Å². The number of carbonyl (C=O) groups is 2. The Morgan fingerprint density at radius 1 is 0.939 bits per heavy atom. The maximum atomic E-state index is 11.7. The molecule has 3 N–H and O–H groups in total. The molecule has 0 saturated carbocycles. The Bertz CT molecular complexity index is 515. The van der Waals surface area contributed by atoms with Crippen LogP contribution in [0.5, 0.6) is 0 Å². The lowest BCUT2D eigenvalue weighted by Crippen LogP contribution is -2.34. The van der Waals surface area contributed by atoms with Crippen LogP contribution >= 0.6 is 0 Å². The lowest BCUT2D eigenvalue weighted by Gasteiger charge is -2.28. The monoisotopic (exact) mass is 470 g/mol. The van der Waals surface area contributed by atoms with E-state index in [1.165, 1.54) is 12.0 Å². The molecule has 0 aromatic carbocycles. The maximum Gasteiger partial charge on any atom is 0.222 e. The summed E-state index contributed by atoms with van der Waals surface area (Å²) in [4.78, 5) is 22.6. The molecular weight excluding hydrogens is 412 g/mol. The van der Waals surface area contributed by atoms with Crippen LogP contribution in [0.1, 0.15) is 115 Å². The van der Waals surface area contributed by atoms with Crippen LogP contribution < -0.4 is 10.6 Å². The van der Waals surface area contributed by atoms with Gasteiger partial charge in [-0.25, -0.2) is 0 Å². The summed E-state index contributed by atoms with van der Waals surface area (Å²) >= 11 is 0. The van der Waals surface area contributed by atoms with E-state index in [0.717, 1.165) is 38.6 Å². The summed E-state index contributed by atoms with van der Waals surface area (Å²) in [6.45, 7) is 27.5. The summed E-state index contributed by atoms with van der Waals surface area (Å²) in [6.07, 6.45) is 5.97. The summed E-state index contributed by atoms with van der Waals surface area (Å²) < 4.78 is 0. The van der Waals surface area contributed by atoms with Crippen LogP contribution in [-0.2, 0) is 9.59 Å². The van der Waals surface area contributed by atoms with E-state index >= 15 is 0 Å². The van der Waals surface area contributed by atoms with Gasteiger partial charge in [0.05, 0.1) is 6.10 Å². The van der Waals surface area contributed by atoms with Gasteiger partial charge in [0.1, 0.15) is 0 Å². The van der Waals surface area contributed by atoms with Crippen LogP contribution in [0.3, 0.4) is 0 Å². The standard InChI is InChI=1S/C16H32N2O2.C7H16O.C5H10/c1-7-13(3)15(20)18-11-12(2)10-16(5,6)8-9-17-14(4)19;1-4-6(2)5-7(3)8;1-4-5(2)3/h12-13H,7-11H2,1-6H3,(H,17,19)(H,18,20);6-8H,4-5H2,1-3H3;2,4H2,1,3H3. The van der Waals surface area contributed by atoms with Crippen molar-refractivity contribution in [2.45, 2.75) is 121 Å². The zero-order valence-electron chi connectivity index (χ0n) is 23.9. The first-order valence-electron chi connectivity index (χ1n) is 13.0. The molecular formula is C28H58N2O3. The highest BCUT2D eigenvalue weighted by Crippen LogP contribution is 2.28. The third kappa shape index (κ3) is 28.6. The molecule has 198 valence electrons. The second-order valence-electron chi connectivity index (χ2n) is 10.7. The zero-order valence-corrected chi connectivity index (χ0v) is 23.9. The Hall–Kier alpha value is -1.36. The fraction of sp³-hybridized carbons (Fsp3) is 0.857. The minimum absolute atomic E-state index is 0.0228. The van der Waals surface area contributed by atoms with Gasteiger partial charge in [-0.1, -0.05) is 67.4 Å². The molecule has 33 heavy (non-hydrogen) atoms. The fourth-order valence-corrected chi connectivity index (χ4v) is 3.08. The molecule has 0 bridgehead atoms. The van der Waals surface area contributed by atoms with Gasteiger partial charge >= 0.3 is 0 Å². The van der Waals surface area contributed by atoms with Gasteiger partial charge in [-0.2, -0.15) is 0 Å². The van der Waals surface area contributed by atoms with Crippen molar-refractivity contribution in [3.8, 4) is 0 Å². The van der Waals surface area contributed by atoms with Crippen LogP contribution in [0, 0.1) is 23.2 Å². The number of allylic oxidation sites excluding steroid dienone is 1. The maximum absolute atomic E-state index is 11.7. The molecule has 5 nitrogen and oxygen atoms in total. The third-order valence-corrected chi connectivity index (χ3v) is 5.81. The van der Waals surface area contributed by atoms with Crippen molar-refractivity contribution in [2.24, 2.45) is 23.2 Å². The van der Waals surface area contributed by atoms with Crippen LogP contribution in [0.25, 0.3) is 0 Å². The molecule has 0 saturated heterocycles. The van der Waals surface area contributed by atoms with Gasteiger partial charge in [0, 0.05) is 25.9 Å². The number of amides is 2. The number of nitrogens with one attached hydrogen (secondary N) is 2.